The zero-order chi connectivity index (χ0) is 28.9. The van der Waals surface area contributed by atoms with E-state index in [4.69, 9.17) is 9.47 Å². The third-order valence-corrected chi connectivity index (χ3v) is 11.0. The van der Waals surface area contributed by atoms with Crippen molar-refractivity contribution < 1.29 is 24.2 Å². The summed E-state index contributed by atoms with van der Waals surface area (Å²) in [6.07, 6.45) is 2.43. The van der Waals surface area contributed by atoms with Gasteiger partial charge in [0.25, 0.3) is 5.91 Å². The number of amides is 1. The van der Waals surface area contributed by atoms with Crippen LogP contribution in [0.25, 0.3) is 10.8 Å². The summed E-state index contributed by atoms with van der Waals surface area (Å²) in [4.78, 5) is 26.7. The number of aryl methyl sites for hydroxylation is 1. The number of aromatic nitrogens is 3. The number of carbonyl (C=O) groups excluding carboxylic acids is 1. The van der Waals surface area contributed by atoms with Crippen LogP contribution < -0.4 is 9.64 Å². The number of anilines is 2. The number of hydrogen-bond acceptors (Lipinski definition) is 7. The standard InChI is InChI=1S/C31H36N4O5Si/c1-19-29(39-2)24-17-22(35-25-10-6-8-20-7-5-9-23(28(20)25)31(35)37)11-12-26(24)40-30(19)27(41(3,4)38)13-15-34-18-21(14-16-36)32-33-34/h5-12,17-19,27,29-30,36,38H,13-16H2,1-4H3/t19-,27?,29-,30-/m1/s1. The molecule has 2 aliphatic heterocycles. The minimum Gasteiger partial charge on any atom is -0.490 e. The van der Waals surface area contributed by atoms with Crippen LogP contribution in [0.5, 0.6) is 5.75 Å². The average Bonchev–Trinajstić information content (AvgIpc) is 3.51. The van der Waals surface area contributed by atoms with Crippen molar-refractivity contribution in [2.45, 2.75) is 57.2 Å². The molecule has 3 heterocycles. The highest BCUT2D eigenvalue weighted by Gasteiger charge is 2.46. The predicted molar refractivity (Wildman–Crippen MR) is 159 cm³/mol. The van der Waals surface area contributed by atoms with Crippen molar-refractivity contribution >= 4 is 36.4 Å². The Morgan fingerprint density at radius 3 is 2.66 bits per heavy atom. The van der Waals surface area contributed by atoms with E-state index in [-0.39, 0.29) is 36.2 Å². The van der Waals surface area contributed by atoms with E-state index in [0.717, 1.165) is 33.4 Å². The normalized spacial score (nSPS) is 20.8. The fourth-order valence-electron chi connectivity index (χ4n) is 6.54. The maximum atomic E-state index is 13.6. The van der Waals surface area contributed by atoms with Crippen LogP contribution in [0.15, 0.2) is 60.8 Å². The zero-order valence-corrected chi connectivity index (χ0v) is 24.8. The molecular formula is C31H36N4O5Si. The first-order chi connectivity index (χ1) is 19.7. The molecule has 10 heteroatoms. The quantitative estimate of drug-likeness (QED) is 0.272. The molecule has 0 radical (unpaired) electrons. The van der Waals surface area contributed by atoms with Gasteiger partial charge in [0.2, 0.25) is 0 Å². The van der Waals surface area contributed by atoms with Gasteiger partial charge < -0.3 is 19.4 Å². The van der Waals surface area contributed by atoms with Gasteiger partial charge >= 0.3 is 0 Å². The summed E-state index contributed by atoms with van der Waals surface area (Å²) in [5.74, 6) is 0.610. The summed E-state index contributed by atoms with van der Waals surface area (Å²) in [5, 5.41) is 19.5. The first kappa shape index (κ1) is 27.6. The van der Waals surface area contributed by atoms with E-state index in [0.29, 0.717) is 30.7 Å². The van der Waals surface area contributed by atoms with Gasteiger partial charge in [0.15, 0.2) is 8.32 Å². The third-order valence-electron chi connectivity index (χ3n) is 8.56. The topological polar surface area (TPSA) is 110 Å². The molecular weight excluding hydrogens is 536 g/mol. The smallest absolute Gasteiger partial charge is 0.263 e. The van der Waals surface area contributed by atoms with Crippen LogP contribution in [0.2, 0.25) is 18.6 Å². The summed E-state index contributed by atoms with van der Waals surface area (Å²) < 4.78 is 14.5. The summed E-state index contributed by atoms with van der Waals surface area (Å²) in [6.45, 7) is 6.61. The van der Waals surface area contributed by atoms with Gasteiger partial charge in [-0.15, -0.1) is 5.10 Å². The Morgan fingerprint density at radius 1 is 1.15 bits per heavy atom. The number of fused-ring (bicyclic) bond motifs is 1. The number of aliphatic hydroxyl groups is 1. The first-order valence-electron chi connectivity index (χ1n) is 14.1. The summed E-state index contributed by atoms with van der Waals surface area (Å²) in [5.41, 5.74) is 3.89. The zero-order valence-electron chi connectivity index (χ0n) is 23.8. The van der Waals surface area contributed by atoms with Crippen molar-refractivity contribution in [3.8, 4) is 5.75 Å². The van der Waals surface area contributed by atoms with Crippen LogP contribution in [0.4, 0.5) is 11.4 Å². The number of nitrogens with zero attached hydrogens (tertiary/aromatic N) is 4. The molecule has 0 saturated heterocycles. The van der Waals surface area contributed by atoms with Gasteiger partial charge in [-0.05, 0) is 55.2 Å². The molecule has 1 aromatic heterocycles. The highest BCUT2D eigenvalue weighted by Crippen LogP contribution is 2.49. The molecule has 0 fully saturated rings. The molecule has 4 atom stereocenters. The molecule has 6 rings (SSSR count). The van der Waals surface area contributed by atoms with Gasteiger partial charge in [-0.25, -0.2) is 0 Å². The molecule has 41 heavy (non-hydrogen) atoms. The molecule has 1 unspecified atom stereocenters. The molecule has 9 nitrogen and oxygen atoms in total. The summed E-state index contributed by atoms with van der Waals surface area (Å²) in [6, 6.07) is 17.7. The molecule has 0 saturated carbocycles. The Kier molecular flexibility index (Phi) is 7.19. The van der Waals surface area contributed by atoms with Crippen molar-refractivity contribution in [3.63, 3.8) is 0 Å². The Labute approximate surface area is 240 Å². The molecule has 3 aromatic carbocycles. The Hall–Kier alpha value is -3.57. The third kappa shape index (κ3) is 4.84. The number of methoxy groups -OCH3 is 1. The second-order valence-electron chi connectivity index (χ2n) is 11.6. The molecule has 0 spiro atoms. The van der Waals surface area contributed by atoms with E-state index >= 15 is 0 Å². The van der Waals surface area contributed by atoms with Crippen molar-refractivity contribution in [1.82, 2.24) is 15.0 Å². The summed E-state index contributed by atoms with van der Waals surface area (Å²) >= 11 is 0. The summed E-state index contributed by atoms with van der Waals surface area (Å²) in [7, 11) is -0.981. The number of carbonyl (C=O) groups is 1. The maximum absolute atomic E-state index is 13.6. The number of benzene rings is 3. The van der Waals surface area contributed by atoms with Crippen molar-refractivity contribution in [1.29, 1.82) is 0 Å². The van der Waals surface area contributed by atoms with Crippen LogP contribution in [0.3, 0.4) is 0 Å². The number of hydrogen-bond donors (Lipinski definition) is 2. The average molecular weight is 573 g/mol. The highest BCUT2D eigenvalue weighted by atomic mass is 28.4. The van der Waals surface area contributed by atoms with Gasteiger partial charge in [-0.3, -0.25) is 14.4 Å². The van der Waals surface area contributed by atoms with E-state index in [1.54, 1.807) is 16.7 Å². The van der Waals surface area contributed by atoms with E-state index < -0.39 is 8.32 Å². The molecule has 4 aromatic rings. The lowest BCUT2D eigenvalue weighted by molar-refractivity contribution is -0.0247. The fourth-order valence-corrected chi connectivity index (χ4v) is 8.56. The second kappa shape index (κ2) is 10.7. The van der Waals surface area contributed by atoms with Crippen LogP contribution in [-0.4, -0.2) is 58.9 Å². The molecule has 0 aliphatic carbocycles. The monoisotopic (exact) mass is 572 g/mol. The second-order valence-corrected chi connectivity index (χ2v) is 15.7. The minimum atomic E-state index is -2.68. The molecule has 2 N–H and O–H groups in total. The lowest BCUT2D eigenvalue weighted by Gasteiger charge is -2.44. The molecule has 2 aliphatic rings. The van der Waals surface area contributed by atoms with Crippen molar-refractivity contribution in [2.24, 2.45) is 5.92 Å². The Morgan fingerprint density at radius 2 is 1.93 bits per heavy atom. The van der Waals surface area contributed by atoms with Gasteiger partial charge in [-0.2, -0.15) is 0 Å². The predicted octanol–water partition coefficient (Wildman–Crippen LogP) is 5.00. The Balaban J connectivity index is 1.30. The number of aliphatic hydroxyl groups excluding tert-OH is 1. The van der Waals surface area contributed by atoms with Gasteiger partial charge in [-0.1, -0.05) is 36.4 Å². The minimum absolute atomic E-state index is 0.0272. The van der Waals surface area contributed by atoms with Gasteiger partial charge in [0.05, 0.1) is 23.0 Å². The molecule has 1 amide bonds. The van der Waals surface area contributed by atoms with Crippen LogP contribution in [-0.2, 0) is 17.7 Å². The maximum Gasteiger partial charge on any atom is 0.263 e. The van der Waals surface area contributed by atoms with Gasteiger partial charge in [0.1, 0.15) is 11.9 Å². The molecule has 0 bridgehead atoms. The first-order valence-corrected chi connectivity index (χ1v) is 17.2. The number of ether oxygens (including phenoxy) is 2. The van der Waals surface area contributed by atoms with Crippen LogP contribution in [0.1, 0.15) is 41.1 Å². The highest BCUT2D eigenvalue weighted by molar-refractivity contribution is 6.71. The number of rotatable bonds is 9. The SMILES string of the molecule is CO[C@H]1c2cc(N3C(=O)c4cccc5cccc3c45)ccc2O[C@@H](C(CCn2cc(CCO)nn2)[Si](C)(C)O)[C@@H]1C. The van der Waals surface area contributed by atoms with E-state index in [2.05, 4.69) is 17.2 Å². The van der Waals surface area contributed by atoms with Crippen LogP contribution in [0, 0.1) is 5.92 Å². The molecule has 214 valence electrons. The van der Waals surface area contributed by atoms with Gasteiger partial charge in [0, 0.05) is 61.0 Å². The van der Waals surface area contributed by atoms with E-state index in [1.165, 1.54) is 0 Å². The largest absolute Gasteiger partial charge is 0.490 e. The van der Waals surface area contributed by atoms with E-state index in [9.17, 15) is 14.7 Å². The van der Waals surface area contributed by atoms with E-state index in [1.807, 2.05) is 73.9 Å². The lowest BCUT2D eigenvalue weighted by atomic mass is 9.86. The fraction of sp³-hybridized carbons (Fsp3) is 0.387. The van der Waals surface area contributed by atoms with Crippen molar-refractivity contribution in [3.05, 3.63) is 77.6 Å². The van der Waals surface area contributed by atoms with Crippen LogP contribution >= 0.6 is 0 Å². The Bertz CT molecular complexity index is 1590. The van der Waals surface area contributed by atoms with Crippen molar-refractivity contribution in [2.75, 3.05) is 18.6 Å². The lowest BCUT2D eigenvalue weighted by Crippen LogP contribution is -2.48.